The number of benzene rings is 9. The van der Waals surface area contributed by atoms with Crippen LogP contribution in [0.2, 0.25) is 0 Å². The zero-order chi connectivity index (χ0) is 79.2. The second kappa shape index (κ2) is 33.3. The van der Waals surface area contributed by atoms with Crippen LogP contribution < -0.4 is 38.6 Å². The van der Waals surface area contributed by atoms with Gasteiger partial charge in [-0.3, -0.25) is 42.8 Å². The highest BCUT2D eigenvalue weighted by Gasteiger charge is 2.37. The Morgan fingerprint density at radius 2 is 0.598 bits per heavy atom. The number of hydrogen-bond donors (Lipinski definition) is 3. The Bertz CT molecular complexity index is 5290. The number of fused-ring (bicyclic) bond motifs is 3. The van der Waals surface area contributed by atoms with E-state index in [1.807, 2.05) is 208 Å². The number of hydrogen-bond acceptors (Lipinski definition) is 13. The van der Waals surface area contributed by atoms with E-state index in [9.17, 15) is 53.9 Å². The van der Waals surface area contributed by atoms with Crippen molar-refractivity contribution in [1.29, 1.82) is 0 Å². The van der Waals surface area contributed by atoms with Crippen molar-refractivity contribution in [1.82, 2.24) is 43.4 Å². The Hall–Kier alpha value is -11.9. The van der Waals surface area contributed by atoms with Gasteiger partial charge in [-0.15, -0.1) is 13.2 Å². The summed E-state index contributed by atoms with van der Waals surface area (Å²) in [6.45, 7) is 8.52. The van der Waals surface area contributed by atoms with Crippen molar-refractivity contribution < 1.29 is 44.3 Å². The molecule has 15 rings (SSSR count). The molecule has 9 aromatic carbocycles. The number of aromatic nitrogens is 6. The van der Waals surface area contributed by atoms with Crippen molar-refractivity contribution >= 4 is 17.8 Å². The molecule has 16 nitrogen and oxygen atoms in total. The van der Waals surface area contributed by atoms with Crippen molar-refractivity contribution in [3.05, 3.63) is 381 Å². The maximum absolute atomic E-state index is 14.0. The van der Waals surface area contributed by atoms with Crippen LogP contribution in [0.3, 0.4) is 0 Å². The third-order valence-electron chi connectivity index (χ3n) is 21.1. The molecule has 0 aliphatic carbocycles. The summed E-state index contributed by atoms with van der Waals surface area (Å²) in [5.74, 6) is 0.188. The van der Waals surface area contributed by atoms with E-state index >= 15 is 0 Å². The second-order valence-electron chi connectivity index (χ2n) is 27.9. The third-order valence-corrected chi connectivity index (χ3v) is 21.1. The SMILES string of the molecule is CC(c1ccc(C(F)(F)F)cc1)N1CCc2nc(N)n(C(c3ccccc3)c3ccccc3)c(=O)c2C1.CC(c1ccc(OC(F)(F)F)cc1)N1CCc2nc(N)n(C(c3ccccc3)c3ccccc3)c(=O)c2C1.CC(c1cccc(C(F)(F)F)c1)N1CCc2nc(N)n(C(c3ccccc3)c3ccccc3)c(=O)c2C1. The first-order valence-electron chi connectivity index (χ1n) is 36.6. The zero-order valence-electron chi connectivity index (χ0n) is 61.4. The number of nitrogen functional groups attached to an aromatic ring is 3. The predicted molar refractivity (Wildman–Crippen MR) is 413 cm³/mol. The normalized spacial score (nSPS) is 14.9. The van der Waals surface area contributed by atoms with Crippen LogP contribution in [-0.4, -0.2) is 69.3 Å². The lowest BCUT2D eigenvalue weighted by Gasteiger charge is -2.34. The summed E-state index contributed by atoms with van der Waals surface area (Å²) in [6, 6.07) is 72.4. The topological polar surface area (TPSA) is 202 Å². The van der Waals surface area contributed by atoms with E-state index in [4.69, 9.17) is 17.2 Å². The highest BCUT2D eigenvalue weighted by Crippen LogP contribution is 2.38. The van der Waals surface area contributed by atoms with E-state index < -0.39 is 48.0 Å². The first-order chi connectivity index (χ1) is 53.7. The van der Waals surface area contributed by atoms with Crippen LogP contribution in [0.1, 0.15) is 152 Å². The van der Waals surface area contributed by atoms with Gasteiger partial charge < -0.3 is 21.9 Å². The molecule has 112 heavy (non-hydrogen) atoms. The summed E-state index contributed by atoms with van der Waals surface area (Å²) in [5.41, 5.74) is 28.4. The lowest BCUT2D eigenvalue weighted by Crippen LogP contribution is -2.41. The molecule has 6 N–H and O–H groups in total. The molecule has 0 amide bonds. The minimum absolute atomic E-state index is 0.140. The first kappa shape index (κ1) is 78.2. The molecule has 0 spiro atoms. The van der Waals surface area contributed by atoms with Crippen LogP contribution in [-0.2, 0) is 51.2 Å². The molecule has 3 unspecified atom stereocenters. The van der Waals surface area contributed by atoms with Crippen LogP contribution in [0.5, 0.6) is 5.75 Å². The van der Waals surface area contributed by atoms with E-state index in [0.29, 0.717) is 91.3 Å². The van der Waals surface area contributed by atoms with E-state index in [-0.39, 0.29) is 64.9 Å². The van der Waals surface area contributed by atoms with Gasteiger partial charge in [0.15, 0.2) is 0 Å². The summed E-state index contributed by atoms with van der Waals surface area (Å²) in [5, 5.41) is 0. The minimum Gasteiger partial charge on any atom is -0.406 e. The van der Waals surface area contributed by atoms with Crippen molar-refractivity contribution in [2.24, 2.45) is 0 Å². The molecule has 3 aliphatic heterocycles. The molecule has 0 fully saturated rings. The van der Waals surface area contributed by atoms with Crippen molar-refractivity contribution in [2.45, 2.75) is 115 Å². The summed E-state index contributed by atoms with van der Waals surface area (Å²) in [7, 11) is 0. The standard InChI is InChI=1S/C29H27F3N4O2.2C29H27F3N4O/c1-19(20-12-14-23(15-13-20)38-29(30,31)32)35-17-16-25-24(18-35)27(37)36(28(33)34-25)26(21-8-4-2-5-9-21)22-10-6-3-7-11-22;1-19(22-13-8-14-23(17-22)29(30,31)32)35-16-15-25-24(18-35)27(37)36(28(33)34-25)26(20-9-4-2-5-10-20)21-11-6-3-7-12-21;1-19(20-12-14-23(15-13-20)29(30,31)32)35-17-16-25-24(18-35)27(37)36(28(33)34-25)26(21-8-4-2-5-9-21)22-10-6-3-7-11-22/h2-15,19,26H,16-18H2,1H3,(H2,33,34);2-14,17,19,26H,15-16,18H2,1H3,(H2,33,34);2-15,19,26H,16-18H2,1H3,(H2,33,34). The quantitative estimate of drug-likeness (QED) is 0.0772. The van der Waals surface area contributed by atoms with Gasteiger partial charge in [0.1, 0.15) is 5.75 Å². The van der Waals surface area contributed by atoms with Crippen LogP contribution in [0.15, 0.2) is 269 Å². The van der Waals surface area contributed by atoms with Gasteiger partial charge in [-0.25, -0.2) is 15.0 Å². The van der Waals surface area contributed by atoms with Crippen molar-refractivity contribution in [3.8, 4) is 5.75 Å². The number of ether oxygens (including phenoxy) is 1. The van der Waals surface area contributed by atoms with E-state index in [2.05, 4.69) is 29.5 Å². The lowest BCUT2D eigenvalue weighted by molar-refractivity contribution is -0.274. The van der Waals surface area contributed by atoms with Gasteiger partial charge in [0.25, 0.3) is 16.7 Å². The summed E-state index contributed by atoms with van der Waals surface area (Å²) in [6.07, 6.45) is -12.0. The smallest absolute Gasteiger partial charge is 0.406 e. The second-order valence-corrected chi connectivity index (χ2v) is 27.9. The maximum atomic E-state index is 14.0. The molecule has 0 saturated heterocycles. The lowest BCUT2D eigenvalue weighted by atomic mass is 9.97. The largest absolute Gasteiger partial charge is 0.573 e. The van der Waals surface area contributed by atoms with Crippen LogP contribution >= 0.6 is 0 Å². The van der Waals surface area contributed by atoms with Gasteiger partial charge in [0, 0.05) is 76.7 Å². The number of halogens is 9. The van der Waals surface area contributed by atoms with Gasteiger partial charge in [-0.1, -0.05) is 218 Å². The third kappa shape index (κ3) is 17.5. The molecular formula is C87H81F9N12O4. The monoisotopic (exact) mass is 1530 g/mol. The van der Waals surface area contributed by atoms with Gasteiger partial charge in [0.2, 0.25) is 17.8 Å². The molecule has 0 saturated carbocycles. The fourth-order valence-corrected chi connectivity index (χ4v) is 15.1. The van der Waals surface area contributed by atoms with E-state index in [0.717, 1.165) is 62.7 Å². The Morgan fingerprint density at radius 1 is 0.330 bits per heavy atom. The van der Waals surface area contributed by atoms with Crippen molar-refractivity contribution in [2.75, 3.05) is 36.8 Å². The first-order valence-corrected chi connectivity index (χ1v) is 36.6. The Morgan fingerprint density at radius 3 is 0.875 bits per heavy atom. The molecule has 6 heterocycles. The highest BCUT2D eigenvalue weighted by atomic mass is 19.4. The molecular weight excluding hydrogens is 1450 g/mol. The molecule has 3 atom stereocenters. The average molecular weight is 1530 g/mol. The van der Waals surface area contributed by atoms with E-state index in [1.165, 1.54) is 41.0 Å². The van der Waals surface area contributed by atoms with Gasteiger partial charge >= 0.3 is 18.7 Å². The fraction of sp³-hybridized carbons (Fsp3) is 0.241. The Kier molecular flexibility index (Phi) is 23.3. The molecule has 576 valence electrons. The molecule has 0 bridgehead atoms. The predicted octanol–water partition coefficient (Wildman–Crippen LogP) is 16.7. The minimum atomic E-state index is -4.74. The number of anilines is 3. The molecule has 3 aromatic heterocycles. The fourth-order valence-electron chi connectivity index (χ4n) is 15.1. The van der Waals surface area contributed by atoms with Gasteiger partial charge in [0.05, 0.1) is 63.0 Å². The van der Waals surface area contributed by atoms with Crippen LogP contribution in [0.25, 0.3) is 0 Å². The summed E-state index contributed by atoms with van der Waals surface area (Å²) >= 11 is 0. The number of alkyl halides is 9. The average Bonchev–Trinajstić information content (AvgIpc) is 0.767. The van der Waals surface area contributed by atoms with Gasteiger partial charge in [-0.2, -0.15) is 26.3 Å². The maximum Gasteiger partial charge on any atom is 0.573 e. The Labute approximate surface area is 640 Å². The number of rotatable bonds is 16. The molecule has 25 heteroatoms. The number of nitrogens with zero attached hydrogens (tertiary/aromatic N) is 9. The molecule has 12 aromatic rings. The highest BCUT2D eigenvalue weighted by molar-refractivity contribution is 5.44. The van der Waals surface area contributed by atoms with Gasteiger partial charge in [-0.05, 0) is 107 Å². The number of nitrogens with two attached hydrogens (primary N) is 3. The molecule has 3 aliphatic rings. The zero-order valence-corrected chi connectivity index (χ0v) is 61.4. The van der Waals surface area contributed by atoms with Crippen molar-refractivity contribution in [3.63, 3.8) is 0 Å². The van der Waals surface area contributed by atoms with Crippen LogP contribution in [0.4, 0.5) is 57.4 Å². The van der Waals surface area contributed by atoms with Crippen LogP contribution in [0, 0.1) is 0 Å². The van der Waals surface area contributed by atoms with E-state index in [1.54, 1.807) is 27.3 Å². The molecule has 0 radical (unpaired) electrons. The summed E-state index contributed by atoms with van der Waals surface area (Å²) < 4.78 is 125. The Balaban J connectivity index is 0.000000147. The summed E-state index contributed by atoms with van der Waals surface area (Å²) in [4.78, 5) is 62.1.